The quantitative estimate of drug-likeness (QED) is 0.881. The highest BCUT2D eigenvalue weighted by molar-refractivity contribution is 5.67. The standard InChI is InChI=1S/C16H15N3O2/c17-8-14-13(11-5-6-21-9-11)7-15(19-16(14)18)10-1-3-12(20)4-2-10/h1-4,7,11,20H,5-6,9H2,(H2,18,19). The van der Waals surface area contributed by atoms with Crippen molar-refractivity contribution in [3.05, 3.63) is 41.5 Å². The first-order valence-electron chi connectivity index (χ1n) is 6.76. The lowest BCUT2D eigenvalue weighted by atomic mass is 9.93. The van der Waals surface area contributed by atoms with Crippen molar-refractivity contribution in [3.63, 3.8) is 0 Å². The van der Waals surface area contributed by atoms with Crippen LogP contribution in [0.4, 0.5) is 5.82 Å². The number of phenolic OH excluding ortho intramolecular Hbond substituents is 1. The van der Waals surface area contributed by atoms with Crippen LogP contribution in [0.2, 0.25) is 0 Å². The third-order valence-electron chi connectivity index (χ3n) is 3.72. The molecule has 0 radical (unpaired) electrons. The first kappa shape index (κ1) is 13.4. The molecule has 1 aromatic heterocycles. The van der Waals surface area contributed by atoms with E-state index in [1.54, 1.807) is 24.3 Å². The minimum atomic E-state index is 0.181. The van der Waals surface area contributed by atoms with Crippen molar-refractivity contribution in [2.75, 3.05) is 18.9 Å². The number of ether oxygens (including phenoxy) is 1. The molecule has 1 atom stereocenters. The molecular formula is C16H15N3O2. The molecule has 0 spiro atoms. The van der Waals surface area contributed by atoms with Crippen LogP contribution in [-0.4, -0.2) is 23.3 Å². The molecule has 0 aliphatic carbocycles. The zero-order chi connectivity index (χ0) is 14.8. The van der Waals surface area contributed by atoms with Crippen LogP contribution in [0.25, 0.3) is 11.3 Å². The normalized spacial score (nSPS) is 17.6. The number of nitrogen functional groups attached to an aromatic ring is 1. The zero-order valence-corrected chi connectivity index (χ0v) is 11.4. The number of anilines is 1. The fourth-order valence-corrected chi connectivity index (χ4v) is 2.59. The fraction of sp³-hybridized carbons (Fsp3) is 0.250. The molecule has 1 fully saturated rings. The van der Waals surface area contributed by atoms with Crippen LogP contribution in [0.5, 0.6) is 5.75 Å². The maximum absolute atomic E-state index is 9.36. The van der Waals surface area contributed by atoms with Gasteiger partial charge in [-0.3, -0.25) is 0 Å². The highest BCUT2D eigenvalue weighted by Gasteiger charge is 2.23. The van der Waals surface area contributed by atoms with Crippen LogP contribution >= 0.6 is 0 Å². The molecule has 0 saturated carbocycles. The number of aromatic nitrogens is 1. The molecule has 3 rings (SSSR count). The molecule has 1 unspecified atom stereocenters. The van der Waals surface area contributed by atoms with Crippen LogP contribution < -0.4 is 5.73 Å². The average Bonchev–Trinajstić information content (AvgIpc) is 3.01. The monoisotopic (exact) mass is 281 g/mol. The second kappa shape index (κ2) is 5.43. The van der Waals surface area contributed by atoms with Crippen molar-refractivity contribution in [3.8, 4) is 23.1 Å². The summed E-state index contributed by atoms with van der Waals surface area (Å²) in [5, 5.41) is 18.7. The van der Waals surface area contributed by atoms with Crippen molar-refractivity contribution < 1.29 is 9.84 Å². The third kappa shape index (κ3) is 2.54. The summed E-state index contributed by atoms with van der Waals surface area (Å²) in [6, 6.07) is 10.8. The van der Waals surface area contributed by atoms with Crippen molar-refractivity contribution in [2.24, 2.45) is 0 Å². The number of nitrogens with two attached hydrogens (primary N) is 1. The molecule has 0 amide bonds. The lowest BCUT2D eigenvalue weighted by Gasteiger charge is -2.14. The molecule has 5 nitrogen and oxygen atoms in total. The van der Waals surface area contributed by atoms with Gasteiger partial charge in [-0.1, -0.05) is 0 Å². The number of pyridine rings is 1. The van der Waals surface area contributed by atoms with E-state index in [2.05, 4.69) is 11.1 Å². The highest BCUT2D eigenvalue weighted by Crippen LogP contribution is 2.33. The Labute approximate surface area is 122 Å². The van der Waals surface area contributed by atoms with Gasteiger partial charge in [0.2, 0.25) is 0 Å². The lowest BCUT2D eigenvalue weighted by Crippen LogP contribution is -2.06. The van der Waals surface area contributed by atoms with E-state index in [4.69, 9.17) is 10.5 Å². The minimum absolute atomic E-state index is 0.181. The largest absolute Gasteiger partial charge is 0.508 e. The molecule has 1 aliphatic heterocycles. The molecule has 106 valence electrons. The van der Waals surface area contributed by atoms with Crippen LogP contribution in [0.3, 0.4) is 0 Å². The summed E-state index contributed by atoms with van der Waals surface area (Å²) in [7, 11) is 0. The Morgan fingerprint density at radius 1 is 1.33 bits per heavy atom. The Balaban J connectivity index is 2.10. The Morgan fingerprint density at radius 2 is 2.10 bits per heavy atom. The first-order valence-corrected chi connectivity index (χ1v) is 6.76. The topological polar surface area (TPSA) is 92.2 Å². The van der Waals surface area contributed by atoms with E-state index in [1.165, 1.54) is 0 Å². The molecular weight excluding hydrogens is 266 g/mol. The second-order valence-corrected chi connectivity index (χ2v) is 5.08. The van der Waals surface area contributed by atoms with Crippen molar-refractivity contribution in [1.82, 2.24) is 4.98 Å². The van der Waals surface area contributed by atoms with Gasteiger partial charge in [0.05, 0.1) is 17.9 Å². The maximum atomic E-state index is 9.36. The van der Waals surface area contributed by atoms with Crippen LogP contribution in [0.1, 0.15) is 23.5 Å². The fourth-order valence-electron chi connectivity index (χ4n) is 2.59. The van der Waals surface area contributed by atoms with E-state index in [0.717, 1.165) is 17.5 Å². The number of nitrogens with zero attached hydrogens (tertiary/aromatic N) is 2. The first-order chi connectivity index (χ1) is 10.2. The van der Waals surface area contributed by atoms with Gasteiger partial charge in [0.25, 0.3) is 0 Å². The molecule has 2 heterocycles. The Kier molecular flexibility index (Phi) is 3.46. The number of nitriles is 1. The van der Waals surface area contributed by atoms with Crippen LogP contribution in [-0.2, 0) is 4.74 Å². The van der Waals surface area contributed by atoms with E-state index in [-0.39, 0.29) is 17.5 Å². The summed E-state index contributed by atoms with van der Waals surface area (Å²) < 4.78 is 5.41. The van der Waals surface area contributed by atoms with Crippen LogP contribution in [0.15, 0.2) is 30.3 Å². The van der Waals surface area contributed by atoms with Crippen molar-refractivity contribution in [2.45, 2.75) is 12.3 Å². The second-order valence-electron chi connectivity index (χ2n) is 5.08. The van der Waals surface area contributed by atoms with Crippen molar-refractivity contribution in [1.29, 1.82) is 5.26 Å². The summed E-state index contributed by atoms with van der Waals surface area (Å²) in [6.07, 6.45) is 0.882. The molecule has 1 aliphatic rings. The molecule has 1 saturated heterocycles. The summed E-state index contributed by atoms with van der Waals surface area (Å²) in [5.41, 5.74) is 8.83. The van der Waals surface area contributed by atoms with E-state index in [1.807, 2.05) is 6.07 Å². The van der Waals surface area contributed by atoms with E-state index in [0.29, 0.717) is 24.5 Å². The van der Waals surface area contributed by atoms with Gasteiger partial charge in [0.1, 0.15) is 17.6 Å². The summed E-state index contributed by atoms with van der Waals surface area (Å²) in [4.78, 5) is 4.31. The molecule has 3 N–H and O–H groups in total. The van der Waals surface area contributed by atoms with Gasteiger partial charge < -0.3 is 15.6 Å². The average molecular weight is 281 g/mol. The van der Waals surface area contributed by atoms with Gasteiger partial charge >= 0.3 is 0 Å². The van der Waals surface area contributed by atoms with E-state index in [9.17, 15) is 10.4 Å². The Bertz CT molecular complexity index is 699. The number of phenols is 1. The zero-order valence-electron chi connectivity index (χ0n) is 11.4. The van der Waals surface area contributed by atoms with Crippen LogP contribution in [0, 0.1) is 11.3 Å². The van der Waals surface area contributed by atoms with Gasteiger partial charge in [0.15, 0.2) is 0 Å². The molecule has 2 aromatic rings. The van der Waals surface area contributed by atoms with Gasteiger partial charge in [-0.15, -0.1) is 0 Å². The number of aromatic hydroxyl groups is 1. The molecule has 21 heavy (non-hydrogen) atoms. The smallest absolute Gasteiger partial charge is 0.142 e. The summed E-state index contributed by atoms with van der Waals surface area (Å²) >= 11 is 0. The van der Waals surface area contributed by atoms with Crippen molar-refractivity contribution >= 4 is 5.82 Å². The van der Waals surface area contributed by atoms with Gasteiger partial charge in [0, 0.05) is 18.1 Å². The SMILES string of the molecule is N#Cc1c(C2CCOC2)cc(-c2ccc(O)cc2)nc1N. The number of benzene rings is 1. The predicted molar refractivity (Wildman–Crippen MR) is 78.6 cm³/mol. The van der Waals surface area contributed by atoms with Gasteiger partial charge in [-0.25, -0.2) is 4.98 Å². The lowest BCUT2D eigenvalue weighted by molar-refractivity contribution is 0.194. The summed E-state index contributed by atoms with van der Waals surface area (Å²) in [6.45, 7) is 1.31. The minimum Gasteiger partial charge on any atom is -0.508 e. The summed E-state index contributed by atoms with van der Waals surface area (Å²) in [5.74, 6) is 0.621. The molecule has 1 aromatic carbocycles. The predicted octanol–water partition coefficient (Wildman–Crippen LogP) is 2.41. The van der Waals surface area contributed by atoms with Gasteiger partial charge in [-0.05, 0) is 42.3 Å². The Morgan fingerprint density at radius 3 is 2.71 bits per heavy atom. The molecule has 0 bridgehead atoms. The van der Waals surface area contributed by atoms with E-state index >= 15 is 0 Å². The molecule has 5 heteroatoms. The number of hydrogen-bond donors (Lipinski definition) is 2. The van der Waals surface area contributed by atoms with Gasteiger partial charge in [-0.2, -0.15) is 5.26 Å². The van der Waals surface area contributed by atoms with E-state index < -0.39 is 0 Å². The number of rotatable bonds is 2. The number of hydrogen-bond acceptors (Lipinski definition) is 5. The Hall–Kier alpha value is -2.58. The third-order valence-corrected chi connectivity index (χ3v) is 3.72. The highest BCUT2D eigenvalue weighted by atomic mass is 16.5. The maximum Gasteiger partial charge on any atom is 0.142 e.